The summed E-state index contributed by atoms with van der Waals surface area (Å²) >= 11 is 8.61. The molecule has 4 aromatic rings. The van der Waals surface area contributed by atoms with E-state index in [0.29, 0.717) is 0 Å². The molecule has 5 rings (SSSR count). The number of halogens is 32. The predicted molar refractivity (Wildman–Crippen MR) is 186 cm³/mol. The molecule has 36 heteroatoms. The number of aromatic amines is 4. The number of fused-ring (bicyclic) bond motifs is 8. The molecule has 4 N–H and O–H groups in total. The van der Waals surface area contributed by atoms with Gasteiger partial charge in [-0.2, -0.15) is 123 Å². The van der Waals surface area contributed by atoms with Gasteiger partial charge in [-0.1, -0.05) is 0 Å². The zero-order valence-corrected chi connectivity index (χ0v) is 36.7. The topological polar surface area (TPSA) is 63.2 Å². The van der Waals surface area contributed by atoms with Crippen LogP contribution in [-0.2, 0) is 0 Å². The average molecular weight is 1300 g/mol. The number of hydrogen-bond donors (Lipinski definition) is 4. The van der Waals surface area contributed by atoms with Gasteiger partial charge in [0.15, 0.2) is 0 Å². The molecule has 0 aromatic carbocycles. The lowest BCUT2D eigenvalue weighted by Gasteiger charge is -2.30. The Morgan fingerprint density at radius 2 is 0.397 bits per heavy atom. The van der Waals surface area contributed by atoms with Gasteiger partial charge in [0.2, 0.25) is 0 Å². The van der Waals surface area contributed by atoms with Crippen molar-refractivity contribution in [3.63, 3.8) is 0 Å². The average Bonchev–Trinajstić information content (AvgIpc) is 3.93. The highest BCUT2D eigenvalue weighted by Gasteiger charge is 2.78. The van der Waals surface area contributed by atoms with E-state index in [1.54, 1.807) is 0 Å². The van der Waals surface area contributed by atoms with Crippen LogP contribution in [0.2, 0.25) is 0 Å². The molecule has 0 spiro atoms. The van der Waals surface area contributed by atoms with Gasteiger partial charge in [-0.25, -0.2) is 0 Å². The Morgan fingerprint density at radius 3 is 0.529 bits per heavy atom. The third-order valence-electron chi connectivity index (χ3n) is 9.47. The molecule has 4 aromatic heterocycles. The summed E-state index contributed by atoms with van der Waals surface area (Å²) in [6, 6.07) is -1.83. The number of aromatic nitrogens is 4. The van der Waals surface area contributed by atoms with E-state index in [9.17, 15) is 87.8 Å². The fraction of sp³-hybridized carbons (Fsp3) is 0.375. The molecule has 0 fully saturated rings. The lowest BCUT2D eigenvalue weighted by Crippen LogP contribution is -2.54. The molecule has 68 heavy (non-hydrogen) atoms. The summed E-state index contributed by atoms with van der Waals surface area (Å²) in [6.07, 6.45) is -30.0. The molecule has 1 aliphatic rings. The Hall–Kier alpha value is -3.44. The molecular weight excluding hydrogens is 1290 g/mol. The van der Waals surface area contributed by atoms with Crippen LogP contribution in [0.15, 0.2) is 42.2 Å². The summed E-state index contributed by atoms with van der Waals surface area (Å²) in [4.78, 5) is 4.12. The first-order valence-corrected chi connectivity index (χ1v) is 19.5. The molecule has 5 heterocycles. The second-order valence-electron chi connectivity index (χ2n) is 13.7. The number of rotatable bonds is 8. The van der Waals surface area contributed by atoms with Crippen LogP contribution < -0.4 is 21.4 Å². The smallest absolute Gasteiger partial charge is 0.355 e. The van der Waals surface area contributed by atoms with Crippen LogP contribution >= 0.6 is 63.7 Å². The van der Waals surface area contributed by atoms with Crippen LogP contribution in [0.5, 0.6) is 0 Å². The van der Waals surface area contributed by atoms with E-state index in [0.717, 1.165) is 19.9 Å². The summed E-state index contributed by atoms with van der Waals surface area (Å²) < 4.78 is 404. The van der Waals surface area contributed by atoms with Gasteiger partial charge in [0.05, 0.1) is 84.4 Å². The van der Waals surface area contributed by atoms with E-state index in [-0.39, 0.29) is 0 Å². The van der Waals surface area contributed by atoms with Gasteiger partial charge in [0.1, 0.15) is 0 Å². The van der Waals surface area contributed by atoms with Crippen molar-refractivity contribution < 1.29 is 123 Å². The zero-order valence-electron chi connectivity index (χ0n) is 30.4. The lowest BCUT2D eigenvalue weighted by atomic mass is 9.98. The van der Waals surface area contributed by atoms with Crippen LogP contribution in [0.3, 0.4) is 0 Å². The minimum absolute atomic E-state index is 0.456. The highest BCUT2D eigenvalue weighted by atomic mass is 79.9. The van der Waals surface area contributed by atoms with E-state index in [4.69, 9.17) is 0 Å². The van der Waals surface area contributed by atoms with Gasteiger partial charge < -0.3 is 19.9 Å². The van der Waals surface area contributed by atoms with Crippen molar-refractivity contribution in [2.24, 2.45) is 0 Å². The normalized spacial score (nSPS) is 16.1. The van der Waals surface area contributed by atoms with Gasteiger partial charge in [-0.05, 0) is 88.0 Å². The quantitative estimate of drug-likeness (QED) is 0.127. The molecule has 0 saturated carbocycles. The van der Waals surface area contributed by atoms with Crippen LogP contribution in [0.25, 0.3) is 22.3 Å². The van der Waals surface area contributed by atoms with Crippen molar-refractivity contribution in [2.45, 2.75) is 72.1 Å². The second kappa shape index (κ2) is 16.0. The Morgan fingerprint density at radius 1 is 0.250 bits per heavy atom. The van der Waals surface area contributed by atoms with E-state index in [2.05, 4.69) is 63.7 Å². The van der Waals surface area contributed by atoms with Crippen molar-refractivity contribution >= 4 is 86.0 Å². The van der Waals surface area contributed by atoms with E-state index in [1.165, 1.54) is 0 Å². The fourth-order valence-corrected chi connectivity index (χ4v) is 8.14. The molecule has 0 saturated heterocycles. The Labute approximate surface area is 386 Å². The summed E-state index contributed by atoms with van der Waals surface area (Å²) in [5.41, 5.74) is -22.1. The van der Waals surface area contributed by atoms with Gasteiger partial charge in [-0.15, -0.1) is 0 Å². The third kappa shape index (κ3) is 7.78. The molecule has 0 radical (unpaired) electrons. The fourth-order valence-electron chi connectivity index (χ4n) is 6.15. The van der Waals surface area contributed by atoms with Gasteiger partial charge in [0, 0.05) is 0 Å². The van der Waals surface area contributed by atoms with Gasteiger partial charge in [-0.3, -0.25) is 0 Å². The third-order valence-corrected chi connectivity index (χ3v) is 13.7. The maximum absolute atomic E-state index is 16.0. The molecule has 380 valence electrons. The molecule has 0 atom stereocenters. The van der Waals surface area contributed by atoms with E-state index >= 15 is 35.1 Å². The largest absolute Gasteiger partial charge is 0.460 e. The maximum atomic E-state index is 16.0. The second-order valence-corrected chi connectivity index (χ2v) is 16.8. The molecule has 4 nitrogen and oxygen atoms in total. The number of hydrogen-bond acceptors (Lipinski definition) is 0. The molecule has 0 aliphatic carbocycles. The molecule has 8 bridgehead atoms. The SMILES string of the molecule is FC(F)(F)C(F)(F)C(F)(F)C1=c2[nH]c(c(Br)c2Br)=C(C(F)(F)C(F)(F)C(F)(F)F)c2ccc([nH]2)C(C(F)(F)C(F)(F)C(F)(F)F)=c2[nH]c(c(Br)c2Br)=C(C(F)(F)C(F)(F)C(F)(F)F)c2ccc1[nH]2. The number of alkyl halides is 28. The van der Waals surface area contributed by atoms with Crippen molar-refractivity contribution in [3.8, 4) is 0 Å². The lowest BCUT2D eigenvalue weighted by molar-refractivity contribution is -0.339. The first-order chi connectivity index (χ1) is 30.0. The molecule has 0 amide bonds. The zero-order chi connectivity index (χ0) is 52.9. The first kappa shape index (κ1) is 55.5. The van der Waals surface area contributed by atoms with Crippen LogP contribution in [0.4, 0.5) is 123 Å². The minimum Gasteiger partial charge on any atom is -0.355 e. The summed E-state index contributed by atoms with van der Waals surface area (Å²) in [7, 11) is 0. The van der Waals surface area contributed by atoms with Crippen molar-refractivity contribution in [1.82, 2.24) is 19.9 Å². The maximum Gasteiger partial charge on any atom is 0.460 e. The van der Waals surface area contributed by atoms with Crippen LogP contribution in [0, 0.1) is 0 Å². The molecule has 0 unspecified atom stereocenters. The number of nitrogens with one attached hydrogen (secondary N) is 4. The van der Waals surface area contributed by atoms with Crippen LogP contribution in [0.1, 0.15) is 22.8 Å². The highest BCUT2D eigenvalue weighted by molar-refractivity contribution is 9.13. The Bertz CT molecular complexity index is 2530. The standard InChI is InChI=1S/C32H8Br4F28N4/c33-13-14(34)19-11(23(41,42)27(49,50)31(59,60)61)7-3-4-8(66-7)12(24(43,44)28(51,52)32(62,63)64)20-16(36)15(35)18(68-20)10(22(39,40)26(47,48)30(56,57)58)6-2-1-5(65-6)9(17(13)67-19)21(37,38)25(45,46)29(53,54)55/h1-4,65-68H. The summed E-state index contributed by atoms with van der Waals surface area (Å²) in [5.74, 6) is -58.6. The monoisotopic (exact) mass is 1300 g/mol. The highest BCUT2D eigenvalue weighted by Crippen LogP contribution is 2.56. The van der Waals surface area contributed by atoms with Crippen molar-refractivity contribution in [2.75, 3.05) is 0 Å². The predicted octanol–water partition coefficient (Wildman–Crippen LogP) is 12.5. The van der Waals surface area contributed by atoms with E-state index in [1.807, 2.05) is 0 Å². The van der Waals surface area contributed by atoms with Crippen molar-refractivity contribution in [3.05, 3.63) is 86.3 Å². The number of H-pyrrole nitrogens is 4. The first-order valence-electron chi connectivity index (χ1n) is 16.4. The van der Waals surface area contributed by atoms with E-state index < -0.39 is 181 Å². The molecule has 1 aliphatic heterocycles. The Kier molecular flexibility index (Phi) is 13.1. The van der Waals surface area contributed by atoms with Crippen molar-refractivity contribution in [1.29, 1.82) is 0 Å². The van der Waals surface area contributed by atoms with Gasteiger partial charge in [0.25, 0.3) is 0 Å². The summed E-state index contributed by atoms with van der Waals surface area (Å²) in [5, 5.41) is -9.50. The van der Waals surface area contributed by atoms with Crippen LogP contribution in [-0.4, -0.2) is 92.0 Å². The van der Waals surface area contributed by atoms with Gasteiger partial charge >= 0.3 is 72.1 Å². The minimum atomic E-state index is -7.55. The molecular formula is C32H8Br4F28N4. The summed E-state index contributed by atoms with van der Waals surface area (Å²) in [6.45, 7) is 0. The Balaban J connectivity index is 2.30.